The van der Waals surface area contributed by atoms with E-state index in [9.17, 15) is 4.79 Å². The lowest BCUT2D eigenvalue weighted by atomic mass is 10.1. The molecule has 2 aromatic carbocycles. The van der Waals surface area contributed by atoms with Gasteiger partial charge in [-0.15, -0.1) is 24.0 Å². The molecule has 32 heavy (non-hydrogen) atoms. The molecule has 0 spiro atoms. The van der Waals surface area contributed by atoms with E-state index in [0.717, 1.165) is 17.5 Å². The molecule has 0 bridgehead atoms. The van der Waals surface area contributed by atoms with Gasteiger partial charge in [0.2, 0.25) is 5.75 Å². The Kier molecular flexibility index (Phi) is 12.3. The molecule has 0 aliphatic carbocycles. The topological polar surface area (TPSA) is 93.2 Å². The number of nitrogens with one attached hydrogen (secondary N) is 3. The van der Waals surface area contributed by atoms with Crippen LogP contribution in [0.5, 0.6) is 17.2 Å². The number of amides is 1. The van der Waals surface area contributed by atoms with Crippen molar-refractivity contribution in [2.75, 3.05) is 34.9 Å². The van der Waals surface area contributed by atoms with Crippen LogP contribution in [0.4, 0.5) is 0 Å². The number of rotatable bonds is 10. The Bertz CT molecular complexity index is 880. The Morgan fingerprint density at radius 3 is 2.06 bits per heavy atom. The van der Waals surface area contributed by atoms with Crippen molar-refractivity contribution in [1.29, 1.82) is 0 Å². The Hall–Kier alpha value is -2.69. The summed E-state index contributed by atoms with van der Waals surface area (Å²) in [4.78, 5) is 16.4. The summed E-state index contributed by atoms with van der Waals surface area (Å²) in [7, 11) is 6.46. The van der Waals surface area contributed by atoms with E-state index < -0.39 is 0 Å². The number of carbonyl (C=O) groups is 1. The van der Waals surface area contributed by atoms with Gasteiger partial charge in [-0.3, -0.25) is 9.79 Å². The largest absolute Gasteiger partial charge is 0.493 e. The summed E-state index contributed by atoms with van der Waals surface area (Å²) in [5.74, 6) is 2.32. The molecule has 0 aliphatic heterocycles. The predicted octanol–water partition coefficient (Wildman–Crippen LogP) is 3.34. The second-order valence-electron chi connectivity index (χ2n) is 6.77. The van der Waals surface area contributed by atoms with Crippen LogP contribution in [0, 0.1) is 0 Å². The zero-order chi connectivity index (χ0) is 22.6. The Morgan fingerprint density at radius 2 is 1.53 bits per heavy atom. The van der Waals surface area contributed by atoms with Crippen molar-refractivity contribution in [1.82, 2.24) is 16.0 Å². The fourth-order valence-electron chi connectivity index (χ4n) is 2.99. The molecule has 3 N–H and O–H groups in total. The minimum absolute atomic E-state index is 0. The molecule has 0 saturated carbocycles. The first kappa shape index (κ1) is 27.3. The number of halogens is 1. The van der Waals surface area contributed by atoms with E-state index in [2.05, 4.69) is 20.9 Å². The third-order valence-electron chi connectivity index (χ3n) is 4.59. The average molecular weight is 556 g/mol. The predicted molar refractivity (Wildman–Crippen MR) is 138 cm³/mol. The third kappa shape index (κ3) is 7.77. The number of guanidine groups is 1. The molecule has 0 radical (unpaired) electrons. The molecule has 0 saturated heterocycles. The highest BCUT2D eigenvalue weighted by Gasteiger charge is 2.13. The van der Waals surface area contributed by atoms with Crippen LogP contribution in [0.1, 0.15) is 34.8 Å². The van der Waals surface area contributed by atoms with E-state index in [-0.39, 0.29) is 29.9 Å². The van der Waals surface area contributed by atoms with Crippen LogP contribution in [0.2, 0.25) is 0 Å². The molecule has 0 aromatic heterocycles. The van der Waals surface area contributed by atoms with Gasteiger partial charge in [0.1, 0.15) is 0 Å². The van der Waals surface area contributed by atoms with Gasteiger partial charge in [0.25, 0.3) is 5.91 Å². The first-order valence-corrected chi connectivity index (χ1v) is 10.2. The van der Waals surface area contributed by atoms with Crippen LogP contribution in [-0.2, 0) is 13.1 Å². The van der Waals surface area contributed by atoms with Gasteiger partial charge in [-0.1, -0.05) is 19.1 Å². The highest BCUT2D eigenvalue weighted by Crippen LogP contribution is 2.38. The molecule has 1 amide bonds. The summed E-state index contributed by atoms with van der Waals surface area (Å²) < 4.78 is 16.2. The lowest BCUT2D eigenvalue weighted by Crippen LogP contribution is -2.36. The second-order valence-corrected chi connectivity index (χ2v) is 6.77. The van der Waals surface area contributed by atoms with Crippen molar-refractivity contribution in [3.05, 3.63) is 53.1 Å². The van der Waals surface area contributed by atoms with Gasteiger partial charge in [0, 0.05) is 32.2 Å². The van der Waals surface area contributed by atoms with Crippen LogP contribution >= 0.6 is 24.0 Å². The zero-order valence-corrected chi connectivity index (χ0v) is 21.6. The number of aliphatic imine (C=N–C) groups is 1. The van der Waals surface area contributed by atoms with E-state index >= 15 is 0 Å². The maximum absolute atomic E-state index is 12.2. The van der Waals surface area contributed by atoms with Gasteiger partial charge in [0.05, 0.1) is 21.3 Å². The van der Waals surface area contributed by atoms with E-state index in [0.29, 0.717) is 48.4 Å². The van der Waals surface area contributed by atoms with E-state index in [1.807, 2.05) is 43.3 Å². The van der Waals surface area contributed by atoms with E-state index in [1.54, 1.807) is 28.4 Å². The molecule has 0 atom stereocenters. The van der Waals surface area contributed by atoms with Crippen molar-refractivity contribution >= 4 is 35.8 Å². The molecule has 9 heteroatoms. The van der Waals surface area contributed by atoms with Crippen molar-refractivity contribution in [3.8, 4) is 17.2 Å². The van der Waals surface area contributed by atoms with E-state index in [4.69, 9.17) is 14.2 Å². The number of hydrogen-bond acceptors (Lipinski definition) is 5. The third-order valence-corrected chi connectivity index (χ3v) is 4.59. The number of carbonyl (C=O) groups excluding carboxylic acids is 1. The molecule has 8 nitrogen and oxygen atoms in total. The minimum Gasteiger partial charge on any atom is -0.493 e. The van der Waals surface area contributed by atoms with Gasteiger partial charge in [-0.25, -0.2) is 0 Å². The monoisotopic (exact) mass is 556 g/mol. The van der Waals surface area contributed by atoms with Crippen molar-refractivity contribution in [2.45, 2.75) is 26.4 Å². The minimum atomic E-state index is -0.0615. The fourth-order valence-corrected chi connectivity index (χ4v) is 2.99. The molecule has 0 fully saturated rings. The molecule has 0 heterocycles. The van der Waals surface area contributed by atoms with Crippen LogP contribution in [0.15, 0.2) is 41.4 Å². The van der Waals surface area contributed by atoms with Crippen LogP contribution in [0.3, 0.4) is 0 Å². The SMILES string of the molecule is CCCNC(=O)c1cccc(CNC(=NC)NCc2cc(OC)c(OC)c(OC)c2)c1.I. The molecule has 176 valence electrons. The Labute approximate surface area is 207 Å². The second kappa shape index (κ2) is 14.4. The van der Waals surface area contributed by atoms with E-state index in [1.165, 1.54) is 0 Å². The van der Waals surface area contributed by atoms with Crippen molar-refractivity contribution in [3.63, 3.8) is 0 Å². The summed E-state index contributed by atoms with van der Waals surface area (Å²) in [6.07, 6.45) is 0.904. The summed E-state index contributed by atoms with van der Waals surface area (Å²) in [6.45, 7) is 3.73. The quantitative estimate of drug-likeness (QED) is 0.236. The Balaban J connectivity index is 0.00000512. The summed E-state index contributed by atoms with van der Waals surface area (Å²) >= 11 is 0. The summed E-state index contributed by atoms with van der Waals surface area (Å²) in [5.41, 5.74) is 2.58. The van der Waals surface area contributed by atoms with Crippen molar-refractivity contribution in [2.24, 2.45) is 4.99 Å². The maximum atomic E-state index is 12.2. The van der Waals surface area contributed by atoms with Crippen LogP contribution in [-0.4, -0.2) is 46.8 Å². The normalized spacial score (nSPS) is 10.6. The van der Waals surface area contributed by atoms with Gasteiger partial charge in [-0.05, 0) is 41.8 Å². The number of benzene rings is 2. The van der Waals surface area contributed by atoms with Crippen LogP contribution < -0.4 is 30.2 Å². The number of ether oxygens (including phenoxy) is 3. The molecular weight excluding hydrogens is 523 g/mol. The summed E-state index contributed by atoms with van der Waals surface area (Å²) in [6, 6.07) is 11.3. The van der Waals surface area contributed by atoms with Gasteiger partial charge in [0.15, 0.2) is 17.5 Å². The standard InChI is InChI=1S/C23H32N4O4.HI/c1-6-10-25-22(28)18-9-7-8-16(11-18)14-26-23(24-2)27-15-17-12-19(29-3)21(31-5)20(13-17)30-4;/h7-9,11-13H,6,10,14-15H2,1-5H3,(H,25,28)(H2,24,26,27);1H. The fraction of sp³-hybridized carbons (Fsp3) is 0.391. The smallest absolute Gasteiger partial charge is 0.251 e. The molecule has 2 rings (SSSR count). The lowest BCUT2D eigenvalue weighted by Gasteiger charge is -2.16. The maximum Gasteiger partial charge on any atom is 0.251 e. The Morgan fingerprint density at radius 1 is 0.906 bits per heavy atom. The van der Waals surface area contributed by atoms with Crippen LogP contribution in [0.25, 0.3) is 0 Å². The zero-order valence-electron chi connectivity index (χ0n) is 19.3. The highest BCUT2D eigenvalue weighted by molar-refractivity contribution is 14.0. The average Bonchev–Trinajstić information content (AvgIpc) is 2.81. The molecule has 0 unspecified atom stereocenters. The van der Waals surface area contributed by atoms with Gasteiger partial charge in [-0.2, -0.15) is 0 Å². The summed E-state index contributed by atoms with van der Waals surface area (Å²) in [5, 5.41) is 9.43. The highest BCUT2D eigenvalue weighted by atomic mass is 127. The van der Waals surface area contributed by atoms with Crippen molar-refractivity contribution < 1.29 is 19.0 Å². The first-order chi connectivity index (χ1) is 15.1. The number of methoxy groups -OCH3 is 3. The number of nitrogens with zero attached hydrogens (tertiary/aromatic N) is 1. The molecule has 2 aromatic rings. The molecular formula is C23H33IN4O4. The number of hydrogen-bond donors (Lipinski definition) is 3. The first-order valence-electron chi connectivity index (χ1n) is 10.2. The lowest BCUT2D eigenvalue weighted by molar-refractivity contribution is 0.0953. The van der Waals surface area contributed by atoms with Gasteiger partial charge >= 0.3 is 0 Å². The molecule has 0 aliphatic rings. The van der Waals surface area contributed by atoms with Gasteiger partial charge < -0.3 is 30.2 Å².